The average Bonchev–Trinajstić information content (AvgIpc) is 3.08. The first-order chi connectivity index (χ1) is 13.1. The number of nitrogens with zero attached hydrogens (tertiary/aromatic N) is 4. The fraction of sp³-hybridized carbons (Fsp3) is 0.368. The summed E-state index contributed by atoms with van der Waals surface area (Å²) in [5.41, 5.74) is 1.60. The number of aryl methyl sites for hydroxylation is 1. The lowest BCUT2D eigenvalue weighted by Crippen LogP contribution is -2.39. The maximum atomic E-state index is 12.4. The summed E-state index contributed by atoms with van der Waals surface area (Å²) in [6.45, 7) is 5.24. The van der Waals surface area contributed by atoms with Crippen molar-refractivity contribution in [3.8, 4) is 10.6 Å². The van der Waals surface area contributed by atoms with Crippen LogP contribution in [0, 0.1) is 6.92 Å². The van der Waals surface area contributed by atoms with Crippen LogP contribution in [0.4, 0.5) is 0 Å². The molecule has 0 bridgehead atoms. The number of pyridine rings is 1. The minimum Gasteiger partial charge on any atom is -0.379 e. The lowest BCUT2D eigenvalue weighted by molar-refractivity contribution is -0.120. The Balaban J connectivity index is 1.56. The van der Waals surface area contributed by atoms with Crippen molar-refractivity contribution in [3.63, 3.8) is 0 Å². The van der Waals surface area contributed by atoms with Crippen molar-refractivity contribution in [2.75, 3.05) is 32.8 Å². The molecule has 0 atom stereocenters. The second kappa shape index (κ2) is 7.57. The molecule has 0 unspecified atom stereocenters. The predicted molar refractivity (Wildman–Crippen MR) is 101 cm³/mol. The molecule has 1 aliphatic heterocycles. The van der Waals surface area contributed by atoms with Crippen LogP contribution in [0.15, 0.2) is 30.4 Å². The van der Waals surface area contributed by atoms with Crippen LogP contribution in [-0.2, 0) is 16.0 Å². The molecule has 7 heteroatoms. The maximum Gasteiger partial charge on any atom is 0.152 e. The number of carbonyl (C=O) groups is 1. The lowest BCUT2D eigenvalue weighted by Gasteiger charge is -2.25. The molecule has 1 saturated heterocycles. The maximum absolute atomic E-state index is 12.4. The van der Waals surface area contributed by atoms with Gasteiger partial charge in [0.1, 0.15) is 10.0 Å². The third-order valence-electron chi connectivity index (χ3n) is 4.35. The quantitative estimate of drug-likeness (QED) is 0.688. The largest absolute Gasteiger partial charge is 0.379 e. The highest BCUT2D eigenvalue weighted by Gasteiger charge is 2.15. The van der Waals surface area contributed by atoms with Crippen molar-refractivity contribution in [2.45, 2.75) is 13.3 Å². The molecule has 3 aromatic rings. The van der Waals surface area contributed by atoms with Crippen molar-refractivity contribution < 1.29 is 10.9 Å². The van der Waals surface area contributed by atoms with Crippen molar-refractivity contribution in [3.05, 3.63) is 41.1 Å². The molecular weight excluding hydrogens is 348 g/mol. The molecule has 26 heavy (non-hydrogen) atoms. The van der Waals surface area contributed by atoms with Gasteiger partial charge in [-0.2, -0.15) is 0 Å². The first-order valence-electron chi connectivity index (χ1n) is 9.11. The second-order valence-corrected chi connectivity index (χ2v) is 7.57. The zero-order valence-electron chi connectivity index (χ0n) is 15.6. The van der Waals surface area contributed by atoms with Crippen LogP contribution in [0.2, 0.25) is 0 Å². The van der Waals surface area contributed by atoms with Crippen LogP contribution in [0.25, 0.3) is 21.3 Å². The Bertz CT molecular complexity index is 985. The molecular formula is C19H20N4O2S. The fourth-order valence-corrected chi connectivity index (χ4v) is 3.72. The molecule has 1 aromatic carbocycles. The number of ketones is 1. The van der Waals surface area contributed by atoms with Crippen LogP contribution in [0.3, 0.4) is 0 Å². The van der Waals surface area contributed by atoms with E-state index in [9.17, 15) is 4.79 Å². The Labute approximate surface area is 157 Å². The molecule has 1 aliphatic rings. The number of rotatable bonds is 5. The van der Waals surface area contributed by atoms with Crippen LogP contribution in [-0.4, -0.2) is 58.7 Å². The van der Waals surface area contributed by atoms with Gasteiger partial charge in [0.05, 0.1) is 27.6 Å². The van der Waals surface area contributed by atoms with E-state index in [1.54, 1.807) is 0 Å². The number of hydrogen-bond donors (Lipinski definition) is 0. The molecule has 0 N–H and O–H groups in total. The van der Waals surface area contributed by atoms with Gasteiger partial charge in [-0.25, -0.2) is 0 Å². The molecule has 0 amide bonds. The first kappa shape index (κ1) is 16.0. The minimum atomic E-state index is 0.110. The number of carbonyl (C=O) groups excluding carboxylic acids is 1. The van der Waals surface area contributed by atoms with E-state index in [1.165, 1.54) is 11.3 Å². The summed E-state index contributed by atoms with van der Waals surface area (Å²) in [5, 5.41) is 11.7. The second-order valence-electron chi connectivity index (χ2n) is 6.39. The smallest absolute Gasteiger partial charge is 0.152 e. The van der Waals surface area contributed by atoms with Crippen molar-refractivity contribution in [1.29, 1.82) is 0 Å². The highest BCUT2D eigenvalue weighted by Crippen LogP contribution is 2.27. The average molecular weight is 369 g/mol. The SMILES string of the molecule is [2H]c1nc(CC(=O)CN2CCOCC2)cc2cc(-c3nnc(C)s3)ccc12. The van der Waals surface area contributed by atoms with Crippen molar-refractivity contribution in [2.24, 2.45) is 0 Å². The molecule has 1 fully saturated rings. The Hall–Kier alpha value is -2.22. The molecule has 0 aliphatic carbocycles. The number of aromatic nitrogens is 3. The third-order valence-corrected chi connectivity index (χ3v) is 5.24. The molecule has 6 nitrogen and oxygen atoms in total. The molecule has 0 saturated carbocycles. The number of fused-ring (bicyclic) bond motifs is 1. The van der Waals surface area contributed by atoms with Gasteiger partial charge in [0.25, 0.3) is 0 Å². The standard InChI is InChI=1S/C19H20N4O2S/c1-13-21-22-19(26-13)14-2-3-15-11-20-17(9-16(15)8-14)10-18(24)12-23-4-6-25-7-5-23/h2-3,8-9,11H,4-7,10,12H2,1H3/i11D. The zero-order valence-corrected chi connectivity index (χ0v) is 15.4. The molecule has 4 rings (SSSR count). The van der Waals surface area contributed by atoms with E-state index in [4.69, 9.17) is 6.11 Å². The molecule has 3 heterocycles. The lowest BCUT2D eigenvalue weighted by atomic mass is 10.1. The number of benzene rings is 1. The van der Waals surface area contributed by atoms with Crippen molar-refractivity contribution >= 4 is 27.9 Å². The molecule has 0 spiro atoms. The van der Waals surface area contributed by atoms with Gasteiger partial charge in [-0.3, -0.25) is 14.7 Å². The van der Waals surface area contributed by atoms with Crippen LogP contribution in [0.1, 0.15) is 12.1 Å². The van der Waals surface area contributed by atoms with Crippen LogP contribution < -0.4 is 0 Å². The highest BCUT2D eigenvalue weighted by molar-refractivity contribution is 7.14. The zero-order chi connectivity index (χ0) is 18.8. The Morgan fingerprint density at radius 2 is 2.12 bits per heavy atom. The Morgan fingerprint density at radius 3 is 2.88 bits per heavy atom. The number of morpholine rings is 1. The predicted octanol–water partition coefficient (Wildman–Crippen LogP) is 2.51. The number of hydrogen-bond acceptors (Lipinski definition) is 7. The van der Waals surface area contributed by atoms with E-state index in [0.29, 0.717) is 25.5 Å². The van der Waals surface area contributed by atoms with Crippen LogP contribution >= 0.6 is 11.3 Å². The van der Waals surface area contributed by atoms with E-state index >= 15 is 0 Å². The minimum absolute atomic E-state index is 0.110. The fourth-order valence-electron chi connectivity index (χ4n) is 3.03. The summed E-state index contributed by atoms with van der Waals surface area (Å²) < 4.78 is 13.5. The Kier molecular flexibility index (Phi) is 4.66. The molecule has 0 radical (unpaired) electrons. The van der Waals surface area contributed by atoms with Gasteiger partial charge in [0, 0.05) is 35.9 Å². The normalized spacial score (nSPS) is 16.0. The van der Waals surface area contributed by atoms with Crippen molar-refractivity contribution in [1.82, 2.24) is 20.1 Å². The van der Waals surface area contributed by atoms with E-state index in [1.807, 2.05) is 31.2 Å². The van der Waals surface area contributed by atoms with Crippen LogP contribution in [0.5, 0.6) is 0 Å². The summed E-state index contributed by atoms with van der Waals surface area (Å²) in [6, 6.07) is 7.72. The van der Waals surface area contributed by atoms with E-state index < -0.39 is 0 Å². The first-order valence-corrected chi connectivity index (χ1v) is 9.43. The summed E-state index contributed by atoms with van der Waals surface area (Å²) in [6.07, 6.45) is 0.433. The van der Waals surface area contributed by atoms with E-state index in [0.717, 1.165) is 39.4 Å². The number of Topliss-reactive ketones (excluding diaryl/α,β-unsaturated/α-hetero) is 1. The summed E-state index contributed by atoms with van der Waals surface area (Å²) in [5.74, 6) is 0.110. The van der Waals surface area contributed by atoms with Gasteiger partial charge in [-0.1, -0.05) is 23.5 Å². The van der Waals surface area contributed by atoms with Gasteiger partial charge in [-0.15, -0.1) is 10.2 Å². The number of ether oxygens (including phenoxy) is 1. The summed E-state index contributed by atoms with van der Waals surface area (Å²) >= 11 is 1.53. The van der Waals surface area contributed by atoms with E-state index in [-0.39, 0.29) is 18.4 Å². The summed E-state index contributed by atoms with van der Waals surface area (Å²) in [4.78, 5) is 18.8. The topological polar surface area (TPSA) is 68.2 Å². The summed E-state index contributed by atoms with van der Waals surface area (Å²) in [7, 11) is 0. The van der Waals surface area contributed by atoms with Gasteiger partial charge < -0.3 is 4.74 Å². The van der Waals surface area contributed by atoms with Gasteiger partial charge >= 0.3 is 0 Å². The molecule has 134 valence electrons. The monoisotopic (exact) mass is 369 g/mol. The third kappa shape index (κ3) is 3.95. The van der Waals surface area contributed by atoms with E-state index in [2.05, 4.69) is 20.1 Å². The van der Waals surface area contributed by atoms with Gasteiger partial charge in [0.2, 0.25) is 0 Å². The van der Waals surface area contributed by atoms with Gasteiger partial charge in [0.15, 0.2) is 5.78 Å². The Morgan fingerprint density at radius 1 is 1.27 bits per heavy atom. The van der Waals surface area contributed by atoms with Gasteiger partial charge in [-0.05, 0) is 24.4 Å². The highest BCUT2D eigenvalue weighted by atomic mass is 32.1. The molecule has 2 aromatic heterocycles.